The number of hydrogen-bond donors (Lipinski definition) is 2. The Balaban J connectivity index is 0.00000220. The van der Waals surface area contributed by atoms with E-state index in [1.807, 2.05) is 20.8 Å². The van der Waals surface area contributed by atoms with Crippen LogP contribution in [-0.4, -0.2) is 35.9 Å². The third-order valence-corrected chi connectivity index (χ3v) is 2.97. The lowest BCUT2D eigenvalue weighted by atomic mass is 10.1. The molecule has 21 heavy (non-hydrogen) atoms. The highest BCUT2D eigenvalue weighted by atomic mass is 35.5. The van der Waals surface area contributed by atoms with Gasteiger partial charge in [-0.2, -0.15) is 0 Å². The third kappa shape index (κ3) is 5.19. The molecule has 0 saturated carbocycles. The van der Waals surface area contributed by atoms with Gasteiger partial charge in [0.15, 0.2) is 0 Å². The molecule has 2 rings (SSSR count). The lowest BCUT2D eigenvalue weighted by molar-refractivity contribution is 0.0535. The Kier molecular flexibility index (Phi) is 6.01. The average Bonchev–Trinajstić information content (AvgIpc) is 2.74. The summed E-state index contributed by atoms with van der Waals surface area (Å²) in [5.41, 5.74) is 1.38. The number of ether oxygens (including phenoxy) is 2. The van der Waals surface area contributed by atoms with Crippen molar-refractivity contribution in [3.05, 3.63) is 29.3 Å². The van der Waals surface area contributed by atoms with Crippen molar-refractivity contribution in [1.82, 2.24) is 5.32 Å². The summed E-state index contributed by atoms with van der Waals surface area (Å²) in [6.07, 6.45) is -0.583. The zero-order chi connectivity index (χ0) is 14.8. The van der Waals surface area contributed by atoms with E-state index in [2.05, 4.69) is 5.32 Å². The second kappa shape index (κ2) is 7.11. The minimum absolute atomic E-state index is 0. The Morgan fingerprint density at radius 2 is 2.14 bits per heavy atom. The Bertz CT molecular complexity index is 499. The number of fused-ring (bicyclic) bond motifs is 1. The number of β-amino-alcohol motifs (C(OH)–C–C–N with tert-alkyl or cyclic N) is 1. The molecule has 1 atom stereocenters. The van der Waals surface area contributed by atoms with E-state index in [1.54, 1.807) is 18.2 Å². The number of carbonyl (C=O) groups is 1. The summed E-state index contributed by atoms with van der Waals surface area (Å²) in [5.74, 6) is 0.345. The standard InChI is InChI=1S/C15H21NO4.ClH/c1-15(2,3)16-7-11(17)9-19-12-4-5-13-10(6-12)8-20-14(13)18;/h4-6,11,16-17H,7-9H2,1-3H3;1H. The first-order valence-electron chi connectivity index (χ1n) is 6.71. The van der Waals surface area contributed by atoms with Gasteiger partial charge in [0, 0.05) is 17.6 Å². The lowest BCUT2D eigenvalue weighted by Gasteiger charge is -2.23. The quantitative estimate of drug-likeness (QED) is 0.812. The van der Waals surface area contributed by atoms with Gasteiger partial charge in [-0.3, -0.25) is 0 Å². The Morgan fingerprint density at radius 3 is 2.81 bits per heavy atom. The van der Waals surface area contributed by atoms with Crippen molar-refractivity contribution in [2.75, 3.05) is 13.2 Å². The first-order chi connectivity index (χ1) is 9.35. The highest BCUT2D eigenvalue weighted by Crippen LogP contribution is 2.24. The van der Waals surface area contributed by atoms with Gasteiger partial charge in [0.25, 0.3) is 0 Å². The molecular weight excluding hydrogens is 294 g/mol. The van der Waals surface area contributed by atoms with Crippen LogP contribution in [0.25, 0.3) is 0 Å². The van der Waals surface area contributed by atoms with Crippen molar-refractivity contribution >= 4 is 18.4 Å². The van der Waals surface area contributed by atoms with E-state index in [4.69, 9.17) is 9.47 Å². The molecule has 2 N–H and O–H groups in total. The minimum atomic E-state index is -0.583. The van der Waals surface area contributed by atoms with Crippen molar-refractivity contribution < 1.29 is 19.4 Å². The van der Waals surface area contributed by atoms with Crippen LogP contribution in [0, 0.1) is 0 Å². The Morgan fingerprint density at radius 1 is 1.43 bits per heavy atom. The molecule has 0 spiro atoms. The zero-order valence-corrected chi connectivity index (χ0v) is 13.3. The van der Waals surface area contributed by atoms with Gasteiger partial charge in [-0.15, -0.1) is 12.4 Å². The topological polar surface area (TPSA) is 67.8 Å². The van der Waals surface area contributed by atoms with E-state index in [1.165, 1.54) is 0 Å². The lowest BCUT2D eigenvalue weighted by Crippen LogP contribution is -2.42. The average molecular weight is 316 g/mol. The molecule has 0 radical (unpaired) electrons. The Hall–Kier alpha value is -1.30. The molecule has 118 valence electrons. The second-order valence-electron chi connectivity index (χ2n) is 5.99. The van der Waals surface area contributed by atoms with E-state index in [-0.39, 0.29) is 30.5 Å². The van der Waals surface area contributed by atoms with Crippen LogP contribution in [0.15, 0.2) is 18.2 Å². The summed E-state index contributed by atoms with van der Waals surface area (Å²) >= 11 is 0. The van der Waals surface area contributed by atoms with Gasteiger partial charge in [-0.05, 0) is 39.0 Å². The molecule has 1 heterocycles. The molecule has 0 aromatic heterocycles. The number of nitrogens with one attached hydrogen (secondary N) is 1. The molecule has 1 unspecified atom stereocenters. The van der Waals surface area contributed by atoms with Gasteiger partial charge in [0.05, 0.1) is 5.56 Å². The Labute approximate surface area is 131 Å². The SMILES string of the molecule is CC(C)(C)NCC(O)COc1ccc2c(c1)COC2=O.Cl. The molecule has 0 fully saturated rings. The van der Waals surface area contributed by atoms with Crippen molar-refractivity contribution in [1.29, 1.82) is 0 Å². The number of cyclic esters (lactones) is 1. The molecule has 1 aliphatic rings. The van der Waals surface area contributed by atoms with Crippen LogP contribution in [0.4, 0.5) is 0 Å². The monoisotopic (exact) mass is 315 g/mol. The van der Waals surface area contributed by atoms with E-state index in [9.17, 15) is 9.90 Å². The smallest absolute Gasteiger partial charge is 0.338 e. The first-order valence-corrected chi connectivity index (χ1v) is 6.71. The fourth-order valence-electron chi connectivity index (χ4n) is 1.87. The fourth-order valence-corrected chi connectivity index (χ4v) is 1.87. The molecule has 1 aliphatic heterocycles. The molecule has 0 aliphatic carbocycles. The van der Waals surface area contributed by atoms with Crippen LogP contribution in [0.2, 0.25) is 0 Å². The number of carbonyl (C=O) groups excluding carboxylic acids is 1. The first kappa shape index (κ1) is 17.8. The number of aliphatic hydroxyl groups excluding tert-OH is 1. The largest absolute Gasteiger partial charge is 0.491 e. The highest BCUT2D eigenvalue weighted by Gasteiger charge is 2.21. The summed E-state index contributed by atoms with van der Waals surface area (Å²) in [6.45, 7) is 7.08. The van der Waals surface area contributed by atoms with Crippen molar-refractivity contribution in [3.63, 3.8) is 0 Å². The number of hydrogen-bond acceptors (Lipinski definition) is 5. The van der Waals surface area contributed by atoms with E-state index < -0.39 is 6.10 Å². The molecule has 0 amide bonds. The number of rotatable bonds is 5. The molecular formula is C15H22ClNO4. The molecule has 1 aromatic rings. The molecule has 0 saturated heterocycles. The number of aliphatic hydroxyl groups is 1. The molecule has 1 aromatic carbocycles. The van der Waals surface area contributed by atoms with Gasteiger partial charge in [-0.1, -0.05) is 0 Å². The van der Waals surface area contributed by atoms with Gasteiger partial charge < -0.3 is 19.9 Å². The van der Waals surface area contributed by atoms with Crippen LogP contribution in [0.3, 0.4) is 0 Å². The van der Waals surface area contributed by atoms with Gasteiger partial charge in [0.2, 0.25) is 0 Å². The van der Waals surface area contributed by atoms with Gasteiger partial charge in [0.1, 0.15) is 25.1 Å². The summed E-state index contributed by atoms with van der Waals surface area (Å²) in [5, 5.41) is 13.1. The number of benzene rings is 1. The third-order valence-electron chi connectivity index (χ3n) is 2.97. The van der Waals surface area contributed by atoms with E-state index in [0.29, 0.717) is 24.5 Å². The van der Waals surface area contributed by atoms with E-state index in [0.717, 1.165) is 5.56 Å². The van der Waals surface area contributed by atoms with E-state index >= 15 is 0 Å². The maximum atomic E-state index is 11.3. The van der Waals surface area contributed by atoms with Gasteiger partial charge >= 0.3 is 5.97 Å². The molecule has 6 heteroatoms. The molecule has 0 bridgehead atoms. The predicted molar refractivity (Wildman–Crippen MR) is 82.1 cm³/mol. The fraction of sp³-hybridized carbons (Fsp3) is 0.533. The highest BCUT2D eigenvalue weighted by molar-refractivity contribution is 5.93. The maximum Gasteiger partial charge on any atom is 0.338 e. The van der Waals surface area contributed by atoms with Crippen molar-refractivity contribution in [3.8, 4) is 5.75 Å². The minimum Gasteiger partial charge on any atom is -0.491 e. The number of esters is 1. The zero-order valence-electron chi connectivity index (χ0n) is 12.5. The summed E-state index contributed by atoms with van der Waals surface area (Å²) in [4.78, 5) is 11.3. The van der Waals surface area contributed by atoms with Crippen LogP contribution < -0.4 is 10.1 Å². The summed E-state index contributed by atoms with van der Waals surface area (Å²) in [7, 11) is 0. The normalized spacial score (nSPS) is 15.0. The summed E-state index contributed by atoms with van der Waals surface area (Å²) in [6, 6.07) is 5.19. The number of halogens is 1. The van der Waals surface area contributed by atoms with Crippen molar-refractivity contribution in [2.24, 2.45) is 0 Å². The maximum absolute atomic E-state index is 11.3. The van der Waals surface area contributed by atoms with Crippen LogP contribution in [0.5, 0.6) is 5.75 Å². The van der Waals surface area contributed by atoms with Crippen LogP contribution in [-0.2, 0) is 11.3 Å². The summed E-state index contributed by atoms with van der Waals surface area (Å²) < 4.78 is 10.5. The van der Waals surface area contributed by atoms with Gasteiger partial charge in [-0.25, -0.2) is 4.79 Å². The van der Waals surface area contributed by atoms with Crippen LogP contribution >= 0.6 is 12.4 Å². The van der Waals surface area contributed by atoms with Crippen LogP contribution in [0.1, 0.15) is 36.7 Å². The second-order valence-corrected chi connectivity index (χ2v) is 5.99. The predicted octanol–water partition coefficient (Wildman–Crippen LogP) is 1.91. The molecule has 5 nitrogen and oxygen atoms in total. The van der Waals surface area contributed by atoms with Crippen molar-refractivity contribution in [2.45, 2.75) is 39.0 Å².